The molecule has 114 valence electrons. The first kappa shape index (κ1) is 14.5. The average Bonchev–Trinajstić information content (AvgIpc) is 2.45. The van der Waals surface area contributed by atoms with E-state index in [9.17, 15) is 4.79 Å². The molecular weight excluding hydrogens is 268 g/mol. The van der Waals surface area contributed by atoms with Gasteiger partial charge in [0, 0.05) is 18.7 Å². The summed E-state index contributed by atoms with van der Waals surface area (Å²) in [4.78, 5) is 16.3. The van der Waals surface area contributed by atoms with Crippen LogP contribution in [0, 0.1) is 5.92 Å². The van der Waals surface area contributed by atoms with Crippen LogP contribution in [-0.2, 0) is 20.9 Å². The molecule has 2 atom stereocenters. The Morgan fingerprint density at radius 2 is 2.29 bits per heavy atom. The van der Waals surface area contributed by atoms with E-state index in [0.717, 1.165) is 25.0 Å². The third kappa shape index (κ3) is 3.80. The molecule has 0 bridgehead atoms. The number of amides is 1. The van der Waals surface area contributed by atoms with E-state index in [0.29, 0.717) is 19.8 Å². The van der Waals surface area contributed by atoms with E-state index in [4.69, 9.17) is 9.47 Å². The van der Waals surface area contributed by atoms with Crippen molar-refractivity contribution in [3.63, 3.8) is 0 Å². The summed E-state index contributed by atoms with van der Waals surface area (Å²) in [7, 11) is 0. The van der Waals surface area contributed by atoms with Crippen LogP contribution in [0.5, 0.6) is 0 Å². The van der Waals surface area contributed by atoms with E-state index in [1.165, 1.54) is 6.42 Å². The van der Waals surface area contributed by atoms with Gasteiger partial charge in [-0.3, -0.25) is 9.78 Å². The molecular formula is C16H22N2O3. The number of rotatable bonds is 5. The van der Waals surface area contributed by atoms with Crippen LogP contribution in [0.25, 0.3) is 0 Å². The van der Waals surface area contributed by atoms with Gasteiger partial charge in [-0.25, -0.2) is 0 Å². The lowest BCUT2D eigenvalue weighted by atomic mass is 9.84. The first-order valence-electron chi connectivity index (χ1n) is 7.72. The zero-order valence-electron chi connectivity index (χ0n) is 12.2. The normalized spacial score (nSPS) is 26.1. The molecule has 1 aliphatic carbocycles. The molecule has 1 saturated carbocycles. The molecule has 1 saturated heterocycles. The van der Waals surface area contributed by atoms with E-state index >= 15 is 0 Å². The number of pyridine rings is 1. The van der Waals surface area contributed by atoms with Crippen molar-refractivity contribution in [3.8, 4) is 0 Å². The molecule has 2 aliphatic rings. The highest BCUT2D eigenvalue weighted by molar-refractivity contribution is 5.79. The third-order valence-electron chi connectivity index (χ3n) is 4.28. The monoisotopic (exact) mass is 290 g/mol. The largest absolute Gasteiger partial charge is 0.379 e. The summed E-state index contributed by atoms with van der Waals surface area (Å²) in [5.74, 6) is 0.392. The zero-order chi connectivity index (χ0) is 14.5. The van der Waals surface area contributed by atoms with Crippen LogP contribution in [0.4, 0.5) is 0 Å². The van der Waals surface area contributed by atoms with Crippen molar-refractivity contribution >= 4 is 5.91 Å². The molecule has 2 heterocycles. The maximum absolute atomic E-state index is 12.1. The van der Waals surface area contributed by atoms with Crippen molar-refractivity contribution in [2.45, 2.75) is 44.4 Å². The second-order valence-electron chi connectivity index (χ2n) is 5.78. The van der Waals surface area contributed by atoms with Crippen LogP contribution in [0.2, 0.25) is 0 Å². The highest BCUT2D eigenvalue weighted by atomic mass is 16.5. The van der Waals surface area contributed by atoms with Gasteiger partial charge in [-0.1, -0.05) is 12.5 Å². The minimum Gasteiger partial charge on any atom is -0.379 e. The molecule has 1 aromatic rings. The number of ether oxygens (including phenoxy) is 2. The number of nitrogens with zero attached hydrogens (tertiary/aromatic N) is 1. The Bertz CT molecular complexity index is 462. The molecule has 1 amide bonds. The first-order chi connectivity index (χ1) is 10.3. The highest BCUT2D eigenvalue weighted by Crippen LogP contribution is 2.27. The fourth-order valence-corrected chi connectivity index (χ4v) is 2.69. The van der Waals surface area contributed by atoms with Crippen LogP contribution in [0.15, 0.2) is 24.4 Å². The number of hydrogen-bond acceptors (Lipinski definition) is 4. The average molecular weight is 290 g/mol. The van der Waals surface area contributed by atoms with E-state index in [-0.39, 0.29) is 24.0 Å². The van der Waals surface area contributed by atoms with Gasteiger partial charge in [0.1, 0.15) is 6.10 Å². The van der Waals surface area contributed by atoms with Crippen molar-refractivity contribution in [1.29, 1.82) is 0 Å². The molecule has 0 spiro atoms. The Kier molecular flexibility index (Phi) is 4.83. The molecule has 21 heavy (non-hydrogen) atoms. The van der Waals surface area contributed by atoms with Crippen LogP contribution >= 0.6 is 0 Å². The van der Waals surface area contributed by atoms with Crippen molar-refractivity contribution in [2.75, 3.05) is 13.2 Å². The van der Waals surface area contributed by atoms with Gasteiger partial charge < -0.3 is 14.8 Å². The van der Waals surface area contributed by atoms with Gasteiger partial charge in [-0.15, -0.1) is 0 Å². The maximum Gasteiger partial charge on any atom is 0.223 e. The fraction of sp³-hybridized carbons (Fsp3) is 0.625. The van der Waals surface area contributed by atoms with Crippen molar-refractivity contribution < 1.29 is 14.3 Å². The van der Waals surface area contributed by atoms with E-state index in [2.05, 4.69) is 10.3 Å². The summed E-state index contributed by atoms with van der Waals surface area (Å²) in [6, 6.07) is 5.81. The zero-order valence-corrected chi connectivity index (χ0v) is 12.2. The summed E-state index contributed by atoms with van der Waals surface area (Å²) in [5, 5.41) is 3.14. The first-order valence-corrected chi connectivity index (χ1v) is 7.72. The Balaban J connectivity index is 1.52. The second kappa shape index (κ2) is 7.00. The fourth-order valence-electron chi connectivity index (χ4n) is 2.69. The molecule has 5 heteroatoms. The summed E-state index contributed by atoms with van der Waals surface area (Å²) >= 11 is 0. The highest BCUT2D eigenvalue weighted by Gasteiger charge is 2.32. The molecule has 0 aromatic carbocycles. The predicted molar refractivity (Wildman–Crippen MR) is 77.5 cm³/mol. The SMILES string of the molecule is O=C(N[C@@H]1CCOC[C@H]1OCc1ccccn1)C1CCC1. The van der Waals surface area contributed by atoms with E-state index in [1.807, 2.05) is 18.2 Å². The number of aromatic nitrogens is 1. The second-order valence-corrected chi connectivity index (χ2v) is 5.78. The predicted octanol–water partition coefficient (Wildman–Crippen LogP) is 1.67. The van der Waals surface area contributed by atoms with Crippen molar-refractivity contribution in [2.24, 2.45) is 5.92 Å². The Hall–Kier alpha value is -1.46. The minimum atomic E-state index is -0.0928. The molecule has 3 rings (SSSR count). The topological polar surface area (TPSA) is 60.5 Å². The van der Waals surface area contributed by atoms with Gasteiger partial charge >= 0.3 is 0 Å². The molecule has 1 N–H and O–H groups in total. The molecule has 2 fully saturated rings. The molecule has 5 nitrogen and oxygen atoms in total. The van der Waals surface area contributed by atoms with Crippen LogP contribution in [-0.4, -0.2) is 36.3 Å². The van der Waals surface area contributed by atoms with Gasteiger partial charge in [0.15, 0.2) is 0 Å². The molecule has 1 aromatic heterocycles. The summed E-state index contributed by atoms with van der Waals surface area (Å²) in [6.07, 6.45) is 5.69. The standard InChI is InChI=1S/C16H22N2O3/c19-16(12-4-3-5-12)18-14-7-9-20-11-15(14)21-10-13-6-1-2-8-17-13/h1-2,6,8,12,14-15H,3-5,7,9-11H2,(H,18,19)/t14-,15-/m1/s1. The lowest BCUT2D eigenvalue weighted by Crippen LogP contribution is -2.52. The molecule has 1 aliphatic heterocycles. The minimum absolute atomic E-state index is 0.0514. The number of hydrogen-bond donors (Lipinski definition) is 1. The van der Waals surface area contributed by atoms with Gasteiger partial charge in [0.05, 0.1) is 24.9 Å². The Labute approximate surface area is 125 Å². The lowest BCUT2D eigenvalue weighted by molar-refractivity contribution is -0.132. The maximum atomic E-state index is 12.1. The summed E-state index contributed by atoms with van der Waals surface area (Å²) in [5.41, 5.74) is 0.896. The number of carbonyl (C=O) groups excluding carboxylic acids is 1. The lowest BCUT2D eigenvalue weighted by Gasteiger charge is -2.34. The molecule has 0 unspecified atom stereocenters. The van der Waals surface area contributed by atoms with Crippen LogP contribution < -0.4 is 5.32 Å². The summed E-state index contributed by atoms with van der Waals surface area (Å²) < 4.78 is 11.4. The van der Waals surface area contributed by atoms with Crippen molar-refractivity contribution in [1.82, 2.24) is 10.3 Å². The quantitative estimate of drug-likeness (QED) is 0.896. The van der Waals surface area contributed by atoms with Gasteiger partial charge in [-0.05, 0) is 31.4 Å². The Morgan fingerprint density at radius 1 is 1.38 bits per heavy atom. The smallest absolute Gasteiger partial charge is 0.223 e. The van der Waals surface area contributed by atoms with Gasteiger partial charge in [-0.2, -0.15) is 0 Å². The Morgan fingerprint density at radius 3 is 3.00 bits per heavy atom. The van der Waals surface area contributed by atoms with Crippen LogP contribution in [0.3, 0.4) is 0 Å². The number of carbonyl (C=O) groups is 1. The van der Waals surface area contributed by atoms with Gasteiger partial charge in [0.2, 0.25) is 5.91 Å². The van der Waals surface area contributed by atoms with Crippen molar-refractivity contribution in [3.05, 3.63) is 30.1 Å². The van der Waals surface area contributed by atoms with E-state index in [1.54, 1.807) is 6.20 Å². The summed E-state index contributed by atoms with van der Waals surface area (Å²) in [6.45, 7) is 1.66. The molecule has 0 radical (unpaired) electrons. The van der Waals surface area contributed by atoms with Crippen LogP contribution in [0.1, 0.15) is 31.4 Å². The van der Waals surface area contributed by atoms with Gasteiger partial charge in [0.25, 0.3) is 0 Å². The third-order valence-corrected chi connectivity index (χ3v) is 4.28. The number of nitrogens with one attached hydrogen (secondary N) is 1. The van der Waals surface area contributed by atoms with E-state index < -0.39 is 0 Å².